The summed E-state index contributed by atoms with van der Waals surface area (Å²) in [6, 6.07) is 15.9. The van der Waals surface area contributed by atoms with Gasteiger partial charge in [-0.3, -0.25) is 9.48 Å². The van der Waals surface area contributed by atoms with Gasteiger partial charge in [0, 0.05) is 31.7 Å². The van der Waals surface area contributed by atoms with Crippen LogP contribution in [0.4, 0.5) is 10.7 Å². The van der Waals surface area contributed by atoms with Crippen LogP contribution < -0.4 is 10.6 Å². The number of hydrogen-bond acceptors (Lipinski definition) is 9. The fourth-order valence-electron chi connectivity index (χ4n) is 4.55. The maximum absolute atomic E-state index is 13.0. The Morgan fingerprint density at radius 3 is 2.83 bits per heavy atom. The number of carbonyl (C=O) groups excluding carboxylic acids is 2. The van der Waals surface area contributed by atoms with Crippen LogP contribution in [-0.4, -0.2) is 71.9 Å². The number of amides is 2. The molecule has 1 saturated heterocycles. The summed E-state index contributed by atoms with van der Waals surface area (Å²) in [5.74, 6) is 0.298. The van der Waals surface area contributed by atoms with Crippen LogP contribution in [0.25, 0.3) is 27.9 Å². The minimum absolute atomic E-state index is 0.0325. The van der Waals surface area contributed by atoms with Crippen LogP contribution in [0.5, 0.6) is 0 Å². The third kappa shape index (κ3) is 4.73. The third-order valence-corrected chi connectivity index (χ3v) is 6.55. The Kier molecular flexibility index (Phi) is 6.41. The number of benzene rings is 2. The first kappa shape index (κ1) is 24.8. The van der Waals surface area contributed by atoms with Crippen molar-refractivity contribution in [3.8, 4) is 17.5 Å². The quantitative estimate of drug-likeness (QED) is 0.343. The molecule has 6 rings (SSSR count). The van der Waals surface area contributed by atoms with Gasteiger partial charge in [-0.25, -0.2) is 14.8 Å². The van der Waals surface area contributed by atoms with E-state index in [4.69, 9.17) is 9.72 Å². The normalized spacial score (nSPS) is 15.4. The molecular weight excluding hydrogens is 512 g/mol. The fraction of sp³-hybridized carbons (Fsp3) is 0.222. The maximum Gasteiger partial charge on any atom is 0.410 e. The molecule has 2 amide bonds. The van der Waals surface area contributed by atoms with Crippen molar-refractivity contribution in [1.29, 1.82) is 5.26 Å². The molecule has 4 heterocycles. The summed E-state index contributed by atoms with van der Waals surface area (Å²) in [6.45, 7) is 0.705. The number of rotatable bonds is 5. The van der Waals surface area contributed by atoms with Crippen molar-refractivity contribution in [3.05, 3.63) is 72.1 Å². The predicted octanol–water partition coefficient (Wildman–Crippen LogP) is 2.10. The summed E-state index contributed by atoms with van der Waals surface area (Å²) < 4.78 is 8.65. The highest BCUT2D eigenvalue weighted by Crippen LogP contribution is 2.26. The molecule has 1 atom stereocenters. The van der Waals surface area contributed by atoms with E-state index in [1.54, 1.807) is 36.3 Å². The van der Waals surface area contributed by atoms with Crippen LogP contribution >= 0.6 is 0 Å². The number of fused-ring (bicyclic) bond motifs is 3. The van der Waals surface area contributed by atoms with Crippen molar-refractivity contribution >= 4 is 34.5 Å². The predicted molar refractivity (Wildman–Crippen MR) is 144 cm³/mol. The van der Waals surface area contributed by atoms with Crippen molar-refractivity contribution in [2.24, 2.45) is 7.05 Å². The van der Waals surface area contributed by atoms with Gasteiger partial charge in [-0.15, -0.1) is 5.10 Å². The molecule has 1 aliphatic rings. The number of aromatic nitrogens is 6. The molecule has 0 aliphatic carbocycles. The molecule has 0 saturated carbocycles. The molecule has 2 aromatic carbocycles. The SMILES string of the molecule is Cn1cc(-c2nc3c4cccc(C#N)c4nc(N[C@@H]4CN(C(=O)OCc5ccccc5)CCNC4=O)n3n2)cn1. The van der Waals surface area contributed by atoms with Crippen LogP contribution in [0.15, 0.2) is 60.9 Å². The number of anilines is 1. The van der Waals surface area contributed by atoms with Crippen LogP contribution in [0.1, 0.15) is 11.1 Å². The number of nitrogens with one attached hydrogen (secondary N) is 2. The molecule has 5 aromatic rings. The molecule has 0 spiro atoms. The molecule has 2 N–H and O–H groups in total. The molecule has 13 nitrogen and oxygen atoms in total. The minimum Gasteiger partial charge on any atom is -0.445 e. The van der Waals surface area contributed by atoms with Gasteiger partial charge >= 0.3 is 6.09 Å². The average Bonchev–Trinajstić information content (AvgIpc) is 3.57. The van der Waals surface area contributed by atoms with Gasteiger partial charge in [-0.2, -0.15) is 14.9 Å². The van der Waals surface area contributed by atoms with Crippen LogP contribution in [0.2, 0.25) is 0 Å². The topological polar surface area (TPSA) is 155 Å². The first-order valence-corrected chi connectivity index (χ1v) is 12.6. The lowest BCUT2D eigenvalue weighted by molar-refractivity contribution is -0.121. The van der Waals surface area contributed by atoms with Gasteiger partial charge in [0.1, 0.15) is 18.7 Å². The second-order valence-electron chi connectivity index (χ2n) is 9.30. The molecule has 13 heteroatoms. The Hall–Kier alpha value is -5.51. The van der Waals surface area contributed by atoms with Crippen molar-refractivity contribution < 1.29 is 14.3 Å². The molecule has 40 heavy (non-hydrogen) atoms. The van der Waals surface area contributed by atoms with Crippen molar-refractivity contribution in [2.45, 2.75) is 12.6 Å². The molecule has 0 unspecified atom stereocenters. The fourth-order valence-corrected chi connectivity index (χ4v) is 4.55. The Bertz CT molecular complexity index is 1770. The Balaban J connectivity index is 1.34. The second kappa shape index (κ2) is 10.3. The van der Waals surface area contributed by atoms with E-state index in [1.165, 1.54) is 9.42 Å². The first-order chi connectivity index (χ1) is 19.5. The Morgan fingerprint density at radius 2 is 2.05 bits per heavy atom. The Labute approximate surface area is 228 Å². The monoisotopic (exact) mass is 536 g/mol. The molecule has 200 valence electrons. The smallest absolute Gasteiger partial charge is 0.410 e. The highest BCUT2D eigenvalue weighted by molar-refractivity contribution is 5.96. The lowest BCUT2D eigenvalue weighted by Crippen LogP contribution is -2.44. The van der Waals surface area contributed by atoms with Gasteiger partial charge in [-0.05, 0) is 17.7 Å². The minimum atomic E-state index is -0.875. The number of hydrogen-bond donors (Lipinski definition) is 2. The summed E-state index contributed by atoms with van der Waals surface area (Å²) in [7, 11) is 1.80. The van der Waals surface area contributed by atoms with Crippen molar-refractivity contribution in [3.63, 3.8) is 0 Å². The molecule has 1 aliphatic heterocycles. The number of nitriles is 1. The van der Waals surface area contributed by atoms with Gasteiger partial charge in [0.05, 0.1) is 29.4 Å². The van der Waals surface area contributed by atoms with Crippen molar-refractivity contribution in [2.75, 3.05) is 25.0 Å². The summed E-state index contributed by atoms with van der Waals surface area (Å²) in [6.07, 6.45) is 2.90. The zero-order valence-corrected chi connectivity index (χ0v) is 21.5. The largest absolute Gasteiger partial charge is 0.445 e. The van der Waals surface area contributed by atoms with E-state index < -0.39 is 12.1 Å². The molecule has 0 bridgehead atoms. The average molecular weight is 537 g/mol. The molecule has 1 fully saturated rings. The van der Waals surface area contributed by atoms with E-state index in [2.05, 4.69) is 31.9 Å². The van der Waals surface area contributed by atoms with Gasteiger partial charge in [0.2, 0.25) is 11.9 Å². The number of para-hydroxylation sites is 1. The van der Waals surface area contributed by atoms with E-state index in [9.17, 15) is 14.9 Å². The maximum atomic E-state index is 13.0. The van der Waals surface area contributed by atoms with Crippen LogP contribution in [0.3, 0.4) is 0 Å². The van der Waals surface area contributed by atoms with E-state index in [0.717, 1.165) is 5.56 Å². The zero-order valence-electron chi connectivity index (χ0n) is 21.5. The van der Waals surface area contributed by atoms with Crippen molar-refractivity contribution in [1.82, 2.24) is 39.6 Å². The lowest BCUT2D eigenvalue weighted by Gasteiger charge is -2.23. The van der Waals surface area contributed by atoms with Gasteiger partial charge < -0.3 is 20.3 Å². The zero-order chi connectivity index (χ0) is 27.6. The van der Waals surface area contributed by atoms with Crippen LogP contribution in [0, 0.1) is 11.3 Å². The molecule has 0 radical (unpaired) electrons. The summed E-state index contributed by atoms with van der Waals surface area (Å²) in [5.41, 5.74) is 2.78. The molecular formula is C27H24N10O3. The summed E-state index contributed by atoms with van der Waals surface area (Å²) in [5, 5.41) is 25.2. The highest BCUT2D eigenvalue weighted by Gasteiger charge is 2.30. The highest BCUT2D eigenvalue weighted by atomic mass is 16.6. The van der Waals surface area contributed by atoms with Crippen LogP contribution in [-0.2, 0) is 23.2 Å². The lowest BCUT2D eigenvalue weighted by atomic mass is 10.1. The van der Waals surface area contributed by atoms with Gasteiger partial charge in [0.25, 0.3) is 0 Å². The van der Waals surface area contributed by atoms with E-state index in [1.807, 2.05) is 36.4 Å². The summed E-state index contributed by atoms with van der Waals surface area (Å²) >= 11 is 0. The van der Waals surface area contributed by atoms with E-state index in [-0.39, 0.29) is 38.1 Å². The second-order valence-corrected chi connectivity index (χ2v) is 9.30. The standard InChI is InChI=1S/C27H24N10O3/c1-35-14-19(13-30-35)23-33-24-20-9-5-8-18(12-28)22(20)32-26(37(24)34-23)31-21-15-36(11-10-29-25(21)38)27(39)40-16-17-6-3-2-4-7-17/h2-9,13-14,21H,10-11,15-16H2,1H3,(H,29,38)(H,31,32)/t21-/m1/s1. The third-order valence-electron chi connectivity index (χ3n) is 6.55. The Morgan fingerprint density at radius 1 is 1.20 bits per heavy atom. The first-order valence-electron chi connectivity index (χ1n) is 12.6. The molecule has 3 aromatic heterocycles. The van der Waals surface area contributed by atoms with Gasteiger partial charge in [-0.1, -0.05) is 36.4 Å². The number of carbonyl (C=O) groups is 2. The number of aryl methyl sites for hydroxylation is 1. The van der Waals surface area contributed by atoms with E-state index in [0.29, 0.717) is 33.5 Å². The van der Waals surface area contributed by atoms with E-state index >= 15 is 0 Å². The number of ether oxygens (including phenoxy) is 1. The number of nitrogens with zero attached hydrogens (tertiary/aromatic N) is 8. The van der Waals surface area contributed by atoms with Gasteiger partial charge in [0.15, 0.2) is 11.5 Å². The summed E-state index contributed by atoms with van der Waals surface area (Å²) in [4.78, 5) is 36.8.